The van der Waals surface area contributed by atoms with E-state index in [0.717, 1.165) is 5.56 Å². The van der Waals surface area contributed by atoms with Gasteiger partial charge in [0.15, 0.2) is 0 Å². The Balaban J connectivity index is 0.00000264. The standard InChI is InChI=1S/C16H21F3N2O.ClH/c17-16(18,19)12-6-8-13(9-7-12)21-15(22)14(20)10-11-4-2-1-3-5-11;/h1-5,12-14H,6-10,20H2,(H,21,22);1H/t12?,13?,14-;/m0./s1. The summed E-state index contributed by atoms with van der Waals surface area (Å²) in [4.78, 5) is 12.0. The number of carbonyl (C=O) groups excluding carboxylic acids is 1. The Bertz CT molecular complexity index is 488. The molecule has 3 N–H and O–H groups in total. The maximum atomic E-state index is 12.6. The van der Waals surface area contributed by atoms with Crippen LogP contribution in [-0.4, -0.2) is 24.2 Å². The summed E-state index contributed by atoms with van der Waals surface area (Å²) in [6.45, 7) is 0. The minimum atomic E-state index is -4.13. The highest BCUT2D eigenvalue weighted by atomic mass is 35.5. The van der Waals surface area contributed by atoms with E-state index < -0.39 is 18.1 Å². The van der Waals surface area contributed by atoms with Crippen molar-refractivity contribution in [3.05, 3.63) is 35.9 Å². The molecule has 0 bridgehead atoms. The van der Waals surface area contributed by atoms with Gasteiger partial charge in [-0.25, -0.2) is 0 Å². The smallest absolute Gasteiger partial charge is 0.352 e. The van der Waals surface area contributed by atoms with Gasteiger partial charge in [-0.15, -0.1) is 12.4 Å². The van der Waals surface area contributed by atoms with Gasteiger partial charge in [-0.05, 0) is 37.7 Å². The monoisotopic (exact) mass is 350 g/mol. The summed E-state index contributed by atoms with van der Waals surface area (Å²) >= 11 is 0. The second kappa shape index (κ2) is 8.55. The number of carbonyl (C=O) groups is 1. The van der Waals surface area contributed by atoms with Gasteiger partial charge in [0.1, 0.15) is 0 Å². The molecule has 0 radical (unpaired) electrons. The molecule has 0 saturated heterocycles. The summed E-state index contributed by atoms with van der Waals surface area (Å²) in [5, 5.41) is 2.78. The molecule has 0 aliphatic heterocycles. The molecule has 2 rings (SSSR count). The normalized spacial score (nSPS) is 22.8. The van der Waals surface area contributed by atoms with Crippen molar-refractivity contribution in [2.75, 3.05) is 0 Å². The number of hydrogen-bond acceptors (Lipinski definition) is 2. The fraction of sp³-hybridized carbons (Fsp3) is 0.562. The highest BCUT2D eigenvalue weighted by Crippen LogP contribution is 2.37. The zero-order chi connectivity index (χ0) is 16.2. The van der Waals surface area contributed by atoms with Gasteiger partial charge in [0.05, 0.1) is 12.0 Å². The second-order valence-corrected chi connectivity index (χ2v) is 5.89. The van der Waals surface area contributed by atoms with Crippen LogP contribution >= 0.6 is 12.4 Å². The zero-order valence-electron chi connectivity index (χ0n) is 12.7. The van der Waals surface area contributed by atoms with Crippen LogP contribution in [0.1, 0.15) is 31.2 Å². The van der Waals surface area contributed by atoms with Crippen LogP contribution in [-0.2, 0) is 11.2 Å². The highest BCUT2D eigenvalue weighted by molar-refractivity contribution is 5.85. The summed E-state index contributed by atoms with van der Waals surface area (Å²) in [6.07, 6.45) is -2.85. The summed E-state index contributed by atoms with van der Waals surface area (Å²) in [5.74, 6) is -1.53. The number of nitrogens with one attached hydrogen (secondary N) is 1. The van der Waals surface area contributed by atoms with Gasteiger partial charge >= 0.3 is 6.18 Å². The highest BCUT2D eigenvalue weighted by Gasteiger charge is 2.41. The third kappa shape index (κ3) is 6.03. The number of halogens is 4. The lowest BCUT2D eigenvalue weighted by atomic mass is 9.85. The molecule has 0 aromatic heterocycles. The lowest BCUT2D eigenvalue weighted by Crippen LogP contribution is -2.48. The average molecular weight is 351 g/mol. The number of nitrogens with two attached hydrogens (primary N) is 1. The molecule has 1 atom stereocenters. The largest absolute Gasteiger partial charge is 0.391 e. The van der Waals surface area contributed by atoms with Crippen molar-refractivity contribution in [1.29, 1.82) is 0 Å². The van der Waals surface area contributed by atoms with Crippen molar-refractivity contribution in [3.63, 3.8) is 0 Å². The van der Waals surface area contributed by atoms with E-state index >= 15 is 0 Å². The van der Waals surface area contributed by atoms with E-state index in [4.69, 9.17) is 5.73 Å². The Morgan fingerprint density at radius 1 is 1.17 bits per heavy atom. The molecule has 7 heteroatoms. The molecule has 1 aliphatic rings. The van der Waals surface area contributed by atoms with Crippen LogP contribution in [0.4, 0.5) is 13.2 Å². The Kier molecular flexibility index (Phi) is 7.35. The molecule has 0 spiro atoms. The molecule has 1 fully saturated rings. The van der Waals surface area contributed by atoms with Crippen LogP contribution in [0, 0.1) is 5.92 Å². The van der Waals surface area contributed by atoms with Gasteiger partial charge in [-0.1, -0.05) is 30.3 Å². The molecule has 0 heterocycles. The number of amides is 1. The van der Waals surface area contributed by atoms with Gasteiger partial charge in [0.25, 0.3) is 0 Å². The van der Waals surface area contributed by atoms with Gasteiger partial charge in [0, 0.05) is 6.04 Å². The van der Waals surface area contributed by atoms with Crippen LogP contribution in [0.2, 0.25) is 0 Å². The SMILES string of the molecule is Cl.N[C@@H](Cc1ccccc1)C(=O)NC1CCC(C(F)(F)F)CC1. The average Bonchev–Trinajstić information content (AvgIpc) is 2.48. The van der Waals surface area contributed by atoms with E-state index in [1.165, 1.54) is 0 Å². The molecule has 0 unspecified atom stereocenters. The third-order valence-corrected chi connectivity index (χ3v) is 4.17. The van der Waals surface area contributed by atoms with Crippen molar-refractivity contribution < 1.29 is 18.0 Å². The maximum absolute atomic E-state index is 12.6. The fourth-order valence-electron chi connectivity index (χ4n) is 2.83. The first-order valence-electron chi connectivity index (χ1n) is 7.53. The number of alkyl halides is 3. The van der Waals surface area contributed by atoms with Gasteiger partial charge < -0.3 is 11.1 Å². The van der Waals surface area contributed by atoms with E-state index in [9.17, 15) is 18.0 Å². The molecule has 1 amide bonds. The van der Waals surface area contributed by atoms with E-state index in [0.29, 0.717) is 19.3 Å². The van der Waals surface area contributed by atoms with Crippen LogP contribution < -0.4 is 11.1 Å². The number of benzene rings is 1. The summed E-state index contributed by atoms with van der Waals surface area (Å²) in [7, 11) is 0. The van der Waals surface area contributed by atoms with Crippen LogP contribution in [0.3, 0.4) is 0 Å². The van der Waals surface area contributed by atoms with E-state index in [1.54, 1.807) is 0 Å². The summed E-state index contributed by atoms with van der Waals surface area (Å²) in [6, 6.07) is 8.53. The molecule has 1 aliphatic carbocycles. The van der Waals surface area contributed by atoms with E-state index in [-0.39, 0.29) is 37.2 Å². The first-order valence-corrected chi connectivity index (χ1v) is 7.53. The van der Waals surface area contributed by atoms with Gasteiger partial charge in [-0.2, -0.15) is 13.2 Å². The lowest BCUT2D eigenvalue weighted by Gasteiger charge is -2.30. The van der Waals surface area contributed by atoms with Crippen molar-refractivity contribution in [2.24, 2.45) is 11.7 Å². The van der Waals surface area contributed by atoms with Gasteiger partial charge in [0.2, 0.25) is 5.91 Å². The van der Waals surface area contributed by atoms with E-state index in [2.05, 4.69) is 5.32 Å². The molecule has 23 heavy (non-hydrogen) atoms. The predicted molar refractivity (Wildman–Crippen MR) is 85.3 cm³/mol. The van der Waals surface area contributed by atoms with E-state index in [1.807, 2.05) is 30.3 Å². The van der Waals surface area contributed by atoms with Crippen molar-refractivity contribution in [2.45, 2.75) is 50.4 Å². The third-order valence-electron chi connectivity index (χ3n) is 4.17. The van der Waals surface area contributed by atoms with Gasteiger partial charge in [-0.3, -0.25) is 4.79 Å². The Morgan fingerprint density at radius 3 is 2.26 bits per heavy atom. The van der Waals surface area contributed by atoms with Crippen LogP contribution in [0.25, 0.3) is 0 Å². The zero-order valence-corrected chi connectivity index (χ0v) is 13.5. The van der Waals surface area contributed by atoms with Crippen molar-refractivity contribution in [1.82, 2.24) is 5.32 Å². The predicted octanol–water partition coefficient (Wildman–Crippen LogP) is 3.22. The lowest BCUT2D eigenvalue weighted by molar-refractivity contribution is -0.182. The van der Waals surface area contributed by atoms with Crippen molar-refractivity contribution >= 4 is 18.3 Å². The van der Waals surface area contributed by atoms with Crippen LogP contribution in [0.5, 0.6) is 0 Å². The minimum absolute atomic E-state index is 0. The molecule has 3 nitrogen and oxygen atoms in total. The topological polar surface area (TPSA) is 55.1 Å². The molecule has 1 saturated carbocycles. The number of rotatable bonds is 4. The molecule has 130 valence electrons. The Labute approximate surface area is 140 Å². The first-order chi connectivity index (χ1) is 10.4. The fourth-order valence-corrected chi connectivity index (χ4v) is 2.83. The Morgan fingerprint density at radius 2 is 1.74 bits per heavy atom. The molecule has 1 aromatic rings. The molecule has 1 aromatic carbocycles. The molecular weight excluding hydrogens is 329 g/mol. The van der Waals surface area contributed by atoms with Crippen molar-refractivity contribution in [3.8, 4) is 0 Å². The second-order valence-electron chi connectivity index (χ2n) is 5.89. The summed E-state index contributed by atoms with van der Waals surface area (Å²) in [5.41, 5.74) is 6.83. The molecular formula is C16H22ClF3N2O. The quantitative estimate of drug-likeness (QED) is 0.876. The van der Waals surface area contributed by atoms with Crippen LogP contribution in [0.15, 0.2) is 30.3 Å². The number of hydrogen-bond donors (Lipinski definition) is 2. The maximum Gasteiger partial charge on any atom is 0.391 e. The minimum Gasteiger partial charge on any atom is -0.352 e. The summed E-state index contributed by atoms with van der Waals surface area (Å²) < 4.78 is 37.8. The Hall–Kier alpha value is -1.27. The first kappa shape index (κ1) is 19.8.